The molecule has 0 bridgehead atoms. The summed E-state index contributed by atoms with van der Waals surface area (Å²) < 4.78 is 4.01. The van der Waals surface area contributed by atoms with Gasteiger partial charge in [0.1, 0.15) is 0 Å². The fourth-order valence-corrected chi connectivity index (χ4v) is 2.05. The molecular weight excluding hydrogens is 260 g/mol. The first-order valence-corrected chi connectivity index (χ1v) is 6.19. The van der Waals surface area contributed by atoms with Crippen molar-refractivity contribution in [2.75, 3.05) is 7.05 Å². The summed E-state index contributed by atoms with van der Waals surface area (Å²) in [4.78, 5) is 15.7. The zero-order valence-electron chi connectivity index (χ0n) is 9.23. The van der Waals surface area contributed by atoms with Gasteiger partial charge in [-0.1, -0.05) is 0 Å². The molecule has 1 aliphatic heterocycles. The van der Waals surface area contributed by atoms with Gasteiger partial charge in [-0.2, -0.15) is 32.2 Å². The molecule has 1 aromatic heterocycles. The molecule has 0 saturated carbocycles. The van der Waals surface area contributed by atoms with Gasteiger partial charge in [0.05, 0.1) is 11.5 Å². The maximum atomic E-state index is 11.6. The number of azo groups is 1. The monoisotopic (exact) mass is 270 g/mol. The normalized spacial score (nSPS) is 20.4. The van der Waals surface area contributed by atoms with Crippen LogP contribution in [0.3, 0.4) is 0 Å². The van der Waals surface area contributed by atoms with Crippen LogP contribution in [0.5, 0.6) is 0 Å². The van der Waals surface area contributed by atoms with E-state index in [2.05, 4.69) is 37.3 Å². The van der Waals surface area contributed by atoms with Crippen LogP contribution in [0, 0.1) is 0 Å². The molecule has 1 atom stereocenters. The molecule has 17 heavy (non-hydrogen) atoms. The highest BCUT2D eigenvalue weighted by Crippen LogP contribution is 2.18. The lowest BCUT2D eigenvalue weighted by atomic mass is 10.2. The molecule has 0 radical (unpaired) electrons. The van der Waals surface area contributed by atoms with Crippen molar-refractivity contribution in [1.29, 1.82) is 0 Å². The van der Waals surface area contributed by atoms with E-state index in [1.807, 2.05) is 0 Å². The Morgan fingerprint density at radius 1 is 1.59 bits per heavy atom. The van der Waals surface area contributed by atoms with Crippen LogP contribution in [0.1, 0.15) is 12.7 Å². The van der Waals surface area contributed by atoms with Crippen molar-refractivity contribution >= 4 is 40.9 Å². The summed E-state index contributed by atoms with van der Waals surface area (Å²) in [6.45, 7) is 1.74. The van der Waals surface area contributed by atoms with Gasteiger partial charge in [-0.25, -0.2) is 5.01 Å². The summed E-state index contributed by atoms with van der Waals surface area (Å²) >= 11 is 5.17. The molecule has 0 N–H and O–H groups in total. The minimum absolute atomic E-state index is 0.190. The second-order valence-corrected chi connectivity index (χ2v) is 4.42. The number of rotatable bonds is 3. The number of likely N-dealkylation sites (N-methyl/N-ethyl adjacent to an activating group) is 1. The highest BCUT2D eigenvalue weighted by Gasteiger charge is 2.31. The fraction of sp³-hybridized carbons (Fsp3) is 0.500. The van der Waals surface area contributed by atoms with Crippen molar-refractivity contribution in [3.8, 4) is 0 Å². The first-order chi connectivity index (χ1) is 8.11. The molecular formula is C8H10N6OS2. The van der Waals surface area contributed by atoms with Crippen molar-refractivity contribution in [2.24, 2.45) is 15.3 Å². The Morgan fingerprint density at radius 2 is 2.35 bits per heavy atom. The zero-order chi connectivity index (χ0) is 12.4. The van der Waals surface area contributed by atoms with Crippen LogP contribution >= 0.6 is 24.2 Å². The summed E-state index contributed by atoms with van der Waals surface area (Å²) in [6, 6.07) is -0.636. The second-order valence-electron chi connectivity index (χ2n) is 3.37. The van der Waals surface area contributed by atoms with Crippen molar-refractivity contribution in [2.45, 2.75) is 18.7 Å². The average molecular weight is 270 g/mol. The smallest absolute Gasteiger partial charge is 0.270 e. The van der Waals surface area contributed by atoms with Crippen LogP contribution in [-0.4, -0.2) is 39.1 Å². The van der Waals surface area contributed by atoms with Crippen LogP contribution < -0.4 is 0 Å². The van der Waals surface area contributed by atoms with Gasteiger partial charge in [-0.3, -0.25) is 4.79 Å². The fourth-order valence-electron chi connectivity index (χ4n) is 1.29. The van der Waals surface area contributed by atoms with Crippen molar-refractivity contribution < 1.29 is 4.79 Å². The molecule has 2 heterocycles. The average Bonchev–Trinajstić information content (AvgIpc) is 2.84. The zero-order valence-corrected chi connectivity index (χ0v) is 10.9. The summed E-state index contributed by atoms with van der Waals surface area (Å²) in [5.74, 6) is 0.871. The van der Waals surface area contributed by atoms with Crippen LogP contribution in [0.4, 0.5) is 5.13 Å². The van der Waals surface area contributed by atoms with Gasteiger partial charge in [-0.05, 0) is 6.92 Å². The largest absolute Gasteiger partial charge is 0.275 e. The van der Waals surface area contributed by atoms with E-state index in [0.29, 0.717) is 22.4 Å². The Hall–Kier alpha value is -1.35. The summed E-state index contributed by atoms with van der Waals surface area (Å²) in [7, 11) is 1.59. The number of hydrogen-bond acceptors (Lipinski definition) is 8. The summed E-state index contributed by atoms with van der Waals surface area (Å²) in [5, 5.41) is 13.5. The number of hydrazone groups is 1. The SMILES string of the molecule is CC1=NN(C)C(=O)C1/N=N/c1nc(CS)ns1. The Kier molecular flexibility index (Phi) is 3.48. The maximum Gasteiger partial charge on any atom is 0.275 e. The number of nitrogens with zero attached hydrogens (tertiary/aromatic N) is 6. The highest BCUT2D eigenvalue weighted by atomic mass is 32.1. The third-order valence-electron chi connectivity index (χ3n) is 2.11. The Labute approximate surface area is 107 Å². The molecule has 0 fully saturated rings. The molecule has 1 aliphatic rings. The van der Waals surface area contributed by atoms with Crippen LogP contribution in [0.25, 0.3) is 0 Å². The maximum absolute atomic E-state index is 11.6. The van der Waals surface area contributed by atoms with Gasteiger partial charge in [-0.15, -0.1) is 5.11 Å². The molecule has 7 nitrogen and oxygen atoms in total. The van der Waals surface area contributed by atoms with Gasteiger partial charge in [0, 0.05) is 18.6 Å². The number of hydrogen-bond donors (Lipinski definition) is 1. The second kappa shape index (κ2) is 4.88. The third kappa shape index (κ3) is 2.50. The van der Waals surface area contributed by atoms with Crippen molar-refractivity contribution in [3.05, 3.63) is 5.82 Å². The van der Waals surface area contributed by atoms with E-state index < -0.39 is 6.04 Å². The summed E-state index contributed by atoms with van der Waals surface area (Å²) in [6.07, 6.45) is 0. The predicted octanol–water partition coefficient (Wildman–Crippen LogP) is 1.27. The number of aromatic nitrogens is 2. The van der Waals surface area contributed by atoms with Gasteiger partial charge < -0.3 is 0 Å². The predicted molar refractivity (Wildman–Crippen MR) is 66.8 cm³/mol. The van der Waals surface area contributed by atoms with Crippen LogP contribution in [0.15, 0.2) is 15.3 Å². The van der Waals surface area contributed by atoms with Gasteiger partial charge >= 0.3 is 0 Å². The molecule has 1 amide bonds. The van der Waals surface area contributed by atoms with Gasteiger partial charge in [0.25, 0.3) is 5.91 Å². The topological polar surface area (TPSA) is 83.2 Å². The Balaban J connectivity index is 2.11. The molecule has 0 aromatic carbocycles. The van der Waals surface area contributed by atoms with E-state index in [1.165, 1.54) is 5.01 Å². The minimum atomic E-state index is -0.636. The van der Waals surface area contributed by atoms with Crippen LogP contribution in [0.2, 0.25) is 0 Å². The van der Waals surface area contributed by atoms with Gasteiger partial charge in [0.15, 0.2) is 11.9 Å². The van der Waals surface area contributed by atoms with Gasteiger partial charge in [0.2, 0.25) is 5.13 Å². The quantitative estimate of drug-likeness (QED) is 0.663. The van der Waals surface area contributed by atoms with E-state index in [-0.39, 0.29) is 5.91 Å². The number of amides is 1. The molecule has 2 rings (SSSR count). The minimum Gasteiger partial charge on any atom is -0.270 e. The van der Waals surface area contributed by atoms with Crippen molar-refractivity contribution in [3.63, 3.8) is 0 Å². The van der Waals surface area contributed by atoms with E-state index in [0.717, 1.165) is 11.5 Å². The van der Waals surface area contributed by atoms with E-state index in [9.17, 15) is 4.79 Å². The molecule has 0 spiro atoms. The lowest BCUT2D eigenvalue weighted by Gasteiger charge is -2.02. The number of carbonyl (C=O) groups is 1. The molecule has 1 unspecified atom stereocenters. The molecule has 0 saturated heterocycles. The standard InChI is InChI=1S/C8H10N6OS2/c1-4-6(7(15)14(2)12-4)10-11-8-9-5(3-16)13-17-8/h6,16H,3H2,1-2H3/b11-10+. The van der Waals surface area contributed by atoms with E-state index >= 15 is 0 Å². The Bertz CT molecular complexity index is 496. The van der Waals surface area contributed by atoms with Crippen molar-refractivity contribution in [1.82, 2.24) is 14.4 Å². The van der Waals surface area contributed by atoms with E-state index in [1.54, 1.807) is 14.0 Å². The van der Waals surface area contributed by atoms with Crippen LogP contribution in [-0.2, 0) is 10.5 Å². The lowest BCUT2D eigenvalue weighted by Crippen LogP contribution is -2.27. The highest BCUT2D eigenvalue weighted by molar-refractivity contribution is 7.79. The molecule has 0 aliphatic carbocycles. The first kappa shape index (κ1) is 12.1. The first-order valence-electron chi connectivity index (χ1n) is 4.79. The van der Waals surface area contributed by atoms with E-state index in [4.69, 9.17) is 0 Å². The number of carbonyl (C=O) groups excluding carboxylic acids is 1. The molecule has 1 aromatic rings. The summed E-state index contributed by atoms with van der Waals surface area (Å²) in [5.41, 5.74) is 0.625. The molecule has 90 valence electrons. The molecule has 9 heteroatoms. The third-order valence-corrected chi connectivity index (χ3v) is 3.03. The number of thiol groups is 1. The lowest BCUT2D eigenvalue weighted by molar-refractivity contribution is -0.128. The Morgan fingerprint density at radius 3 is 2.88 bits per heavy atom.